The monoisotopic (exact) mass is 398 g/mol. The van der Waals surface area contributed by atoms with Gasteiger partial charge >= 0.3 is 0 Å². The molecule has 0 bridgehead atoms. The molecule has 0 aliphatic carbocycles. The fourth-order valence-corrected chi connectivity index (χ4v) is 3.96. The van der Waals surface area contributed by atoms with Crippen molar-refractivity contribution in [3.05, 3.63) is 24.3 Å². The van der Waals surface area contributed by atoms with E-state index in [1.807, 2.05) is 24.3 Å². The number of sulfone groups is 1. The maximum Gasteiger partial charge on any atom is 0.195 e. The van der Waals surface area contributed by atoms with Gasteiger partial charge in [0, 0.05) is 65.1 Å². The van der Waals surface area contributed by atoms with Crippen molar-refractivity contribution in [2.75, 3.05) is 70.4 Å². The number of ether oxygens (including phenoxy) is 2. The third-order valence-corrected chi connectivity index (χ3v) is 5.85. The molecule has 1 aliphatic heterocycles. The number of hydrogen-bond acceptors (Lipinski definition) is 6. The Morgan fingerprint density at radius 2 is 2.04 bits per heavy atom. The lowest BCUT2D eigenvalue weighted by Crippen LogP contribution is -2.44. The van der Waals surface area contributed by atoms with Crippen LogP contribution in [0.15, 0.2) is 29.3 Å². The fourth-order valence-electron chi connectivity index (χ4n) is 2.68. The summed E-state index contributed by atoms with van der Waals surface area (Å²) in [5.41, 5.74) is 0.886. The van der Waals surface area contributed by atoms with Crippen molar-refractivity contribution in [1.82, 2.24) is 10.2 Å². The molecule has 0 aromatic heterocycles. The molecule has 0 saturated carbocycles. The van der Waals surface area contributed by atoms with Crippen LogP contribution in [0.1, 0.15) is 6.42 Å². The van der Waals surface area contributed by atoms with Crippen molar-refractivity contribution >= 4 is 21.5 Å². The Morgan fingerprint density at radius 1 is 1.26 bits per heavy atom. The summed E-state index contributed by atoms with van der Waals surface area (Å²) in [6, 6.07) is 7.72. The second-order valence-electron chi connectivity index (χ2n) is 6.34. The minimum Gasteiger partial charge on any atom is -0.493 e. The minimum absolute atomic E-state index is 0.247. The van der Waals surface area contributed by atoms with Crippen LogP contribution in [-0.2, 0) is 14.6 Å². The summed E-state index contributed by atoms with van der Waals surface area (Å²) in [5.74, 6) is 1.95. The van der Waals surface area contributed by atoms with Gasteiger partial charge in [0.05, 0.1) is 18.1 Å². The first kappa shape index (κ1) is 21.5. The quantitative estimate of drug-likeness (QED) is 0.361. The van der Waals surface area contributed by atoms with Gasteiger partial charge in [-0.25, -0.2) is 8.42 Å². The Morgan fingerprint density at radius 3 is 2.74 bits per heavy atom. The molecule has 0 amide bonds. The maximum atomic E-state index is 11.5. The largest absolute Gasteiger partial charge is 0.493 e. The van der Waals surface area contributed by atoms with Crippen LogP contribution < -0.4 is 15.4 Å². The van der Waals surface area contributed by atoms with E-state index in [0.29, 0.717) is 38.8 Å². The zero-order chi connectivity index (χ0) is 19.5. The molecule has 1 saturated heterocycles. The first-order valence-electron chi connectivity index (χ1n) is 9.14. The van der Waals surface area contributed by atoms with Gasteiger partial charge in [-0.05, 0) is 12.1 Å². The topological polar surface area (TPSA) is 92.3 Å². The highest BCUT2D eigenvalue weighted by atomic mass is 32.2. The van der Waals surface area contributed by atoms with Crippen LogP contribution in [0.3, 0.4) is 0 Å². The number of benzene rings is 1. The Labute approximate surface area is 161 Å². The lowest BCUT2D eigenvalue weighted by molar-refractivity contribution is 0.172. The first-order valence-corrected chi connectivity index (χ1v) is 11.0. The second kappa shape index (κ2) is 11.1. The summed E-state index contributed by atoms with van der Waals surface area (Å²) in [6.07, 6.45) is 0.842. The van der Waals surface area contributed by atoms with Crippen LogP contribution in [0.2, 0.25) is 0 Å². The van der Waals surface area contributed by atoms with Gasteiger partial charge in [-0.1, -0.05) is 6.07 Å². The summed E-state index contributed by atoms with van der Waals surface area (Å²) in [6.45, 7) is 3.94. The molecular weight excluding hydrogens is 368 g/mol. The number of guanidine groups is 1. The molecule has 152 valence electrons. The number of methoxy groups -OCH3 is 1. The van der Waals surface area contributed by atoms with Gasteiger partial charge in [-0.15, -0.1) is 0 Å². The molecule has 0 radical (unpaired) electrons. The van der Waals surface area contributed by atoms with Gasteiger partial charge in [0.15, 0.2) is 15.8 Å². The first-order chi connectivity index (χ1) is 13.0. The molecule has 0 atom stereocenters. The van der Waals surface area contributed by atoms with E-state index < -0.39 is 9.84 Å². The van der Waals surface area contributed by atoms with Crippen molar-refractivity contribution in [2.45, 2.75) is 6.42 Å². The highest BCUT2D eigenvalue weighted by Gasteiger charge is 2.20. The van der Waals surface area contributed by atoms with E-state index in [1.165, 1.54) is 0 Å². The average Bonchev–Trinajstić information content (AvgIpc) is 2.66. The van der Waals surface area contributed by atoms with E-state index in [9.17, 15) is 8.42 Å². The molecular formula is C18H30N4O4S. The van der Waals surface area contributed by atoms with Crippen LogP contribution in [0.4, 0.5) is 5.69 Å². The third kappa shape index (κ3) is 8.15. The highest BCUT2D eigenvalue weighted by Crippen LogP contribution is 2.17. The molecule has 0 spiro atoms. The van der Waals surface area contributed by atoms with Gasteiger partial charge in [0.1, 0.15) is 5.75 Å². The molecule has 1 aromatic rings. The molecule has 1 heterocycles. The number of aliphatic imine (C=N–C) groups is 1. The van der Waals surface area contributed by atoms with Gasteiger partial charge in [0.25, 0.3) is 0 Å². The zero-order valence-electron chi connectivity index (χ0n) is 16.1. The van der Waals surface area contributed by atoms with Crippen LogP contribution in [0.5, 0.6) is 5.75 Å². The van der Waals surface area contributed by atoms with Gasteiger partial charge < -0.3 is 20.1 Å². The second-order valence-corrected chi connectivity index (χ2v) is 8.64. The minimum atomic E-state index is -2.83. The summed E-state index contributed by atoms with van der Waals surface area (Å²) < 4.78 is 33.6. The molecule has 1 fully saturated rings. The molecule has 9 heteroatoms. The van der Waals surface area contributed by atoms with Crippen molar-refractivity contribution < 1.29 is 17.9 Å². The number of nitrogens with one attached hydrogen (secondary N) is 2. The van der Waals surface area contributed by atoms with Crippen molar-refractivity contribution in [1.29, 1.82) is 0 Å². The number of rotatable bonds is 9. The molecule has 2 N–H and O–H groups in total. The van der Waals surface area contributed by atoms with E-state index >= 15 is 0 Å². The Kier molecular flexibility index (Phi) is 8.83. The maximum absolute atomic E-state index is 11.5. The number of hydrogen-bond donors (Lipinski definition) is 2. The predicted molar refractivity (Wildman–Crippen MR) is 109 cm³/mol. The van der Waals surface area contributed by atoms with E-state index in [1.54, 1.807) is 14.2 Å². The average molecular weight is 399 g/mol. The van der Waals surface area contributed by atoms with Crippen molar-refractivity contribution in [2.24, 2.45) is 4.99 Å². The normalized spacial score (nSPS) is 17.5. The lowest BCUT2D eigenvalue weighted by atomic mass is 10.3. The van der Waals surface area contributed by atoms with E-state index in [-0.39, 0.29) is 11.5 Å². The van der Waals surface area contributed by atoms with Crippen molar-refractivity contribution in [3.8, 4) is 5.75 Å². The number of nitrogens with zero attached hydrogens (tertiary/aromatic N) is 2. The number of anilines is 1. The third-order valence-electron chi connectivity index (χ3n) is 4.24. The van der Waals surface area contributed by atoms with Crippen LogP contribution in [0.25, 0.3) is 0 Å². The molecule has 27 heavy (non-hydrogen) atoms. The lowest BCUT2D eigenvalue weighted by Gasteiger charge is -2.26. The zero-order valence-corrected chi connectivity index (χ0v) is 16.9. The summed E-state index contributed by atoms with van der Waals surface area (Å²) in [4.78, 5) is 6.38. The van der Waals surface area contributed by atoms with E-state index in [4.69, 9.17) is 9.47 Å². The van der Waals surface area contributed by atoms with E-state index in [0.717, 1.165) is 24.4 Å². The smallest absolute Gasteiger partial charge is 0.195 e. The standard InChI is InChI=1S/C18H30N4O4S/c1-19-18(20-7-8-22-9-13-27(23,24)14-10-22)21-16-5-3-6-17(15-16)26-12-4-11-25-2/h3,5-6,15H,4,7-14H2,1-2H3,(H2,19,20,21). The predicted octanol–water partition coefficient (Wildman–Crippen LogP) is 0.820. The molecule has 8 nitrogen and oxygen atoms in total. The molecule has 1 aromatic carbocycles. The van der Waals surface area contributed by atoms with Crippen LogP contribution >= 0.6 is 0 Å². The van der Waals surface area contributed by atoms with Crippen LogP contribution in [-0.4, -0.2) is 84.3 Å². The highest BCUT2D eigenvalue weighted by molar-refractivity contribution is 7.91. The summed E-state index contributed by atoms with van der Waals surface area (Å²) in [5, 5.41) is 6.50. The summed E-state index contributed by atoms with van der Waals surface area (Å²) >= 11 is 0. The summed E-state index contributed by atoms with van der Waals surface area (Å²) in [7, 11) is 0.559. The Bertz CT molecular complexity index is 695. The Balaban J connectivity index is 1.74. The van der Waals surface area contributed by atoms with Crippen LogP contribution in [0, 0.1) is 0 Å². The van der Waals surface area contributed by atoms with E-state index in [2.05, 4.69) is 20.5 Å². The molecule has 0 unspecified atom stereocenters. The molecule has 1 aliphatic rings. The Hall–Kier alpha value is -1.84. The fraction of sp³-hybridized carbons (Fsp3) is 0.611. The SMILES string of the molecule is CN=C(NCCN1CCS(=O)(=O)CC1)Nc1cccc(OCCCOC)c1. The molecule has 2 rings (SSSR count). The van der Waals surface area contributed by atoms with Gasteiger partial charge in [0.2, 0.25) is 0 Å². The van der Waals surface area contributed by atoms with Crippen molar-refractivity contribution in [3.63, 3.8) is 0 Å². The van der Waals surface area contributed by atoms with Gasteiger partial charge in [-0.2, -0.15) is 0 Å². The van der Waals surface area contributed by atoms with Gasteiger partial charge in [-0.3, -0.25) is 9.89 Å².